The van der Waals surface area contributed by atoms with Crippen LogP contribution in [0.25, 0.3) is 10.8 Å². The van der Waals surface area contributed by atoms with Crippen LogP contribution in [0.2, 0.25) is 0 Å². The minimum atomic E-state index is -0.413. The number of aromatic nitrogens is 2. The highest BCUT2D eigenvalue weighted by molar-refractivity contribution is 5.83. The van der Waals surface area contributed by atoms with E-state index in [0.29, 0.717) is 17.9 Å². The fourth-order valence-electron chi connectivity index (χ4n) is 2.90. The Morgan fingerprint density at radius 2 is 2.09 bits per heavy atom. The topological polar surface area (TPSA) is 61.2 Å². The predicted octanol–water partition coefficient (Wildman–Crippen LogP) is 2.60. The maximum absolute atomic E-state index is 12.4. The number of carbonyl (C=O) groups excluding carboxylic acids is 1. The summed E-state index contributed by atoms with van der Waals surface area (Å²) in [5.41, 5.74) is 0.467. The highest BCUT2D eigenvalue weighted by atomic mass is 16.5. The molecule has 1 unspecified atom stereocenters. The van der Waals surface area contributed by atoms with Crippen LogP contribution in [0.15, 0.2) is 41.2 Å². The number of carbonyl (C=O) groups is 1. The summed E-state index contributed by atoms with van der Waals surface area (Å²) in [6.45, 7) is 2.09. The molecule has 0 fully saturated rings. The molecule has 5 heteroatoms. The number of ether oxygens (including phenoxy) is 1. The third-order valence-electron chi connectivity index (χ3n) is 4.19. The van der Waals surface area contributed by atoms with E-state index in [1.807, 2.05) is 25.1 Å². The molecule has 1 aromatic heterocycles. The van der Waals surface area contributed by atoms with Gasteiger partial charge >= 0.3 is 5.97 Å². The van der Waals surface area contributed by atoms with Crippen molar-refractivity contribution in [1.29, 1.82) is 0 Å². The first-order chi connectivity index (χ1) is 11.1. The van der Waals surface area contributed by atoms with Gasteiger partial charge < -0.3 is 4.74 Å². The number of nitrogens with zero attached hydrogens (tertiary/aromatic N) is 2. The first-order valence-electron chi connectivity index (χ1n) is 7.92. The minimum absolute atomic E-state index is 0.146. The quantitative estimate of drug-likeness (QED) is 0.643. The molecule has 0 amide bonds. The van der Waals surface area contributed by atoms with E-state index in [1.54, 1.807) is 6.07 Å². The zero-order valence-corrected chi connectivity index (χ0v) is 13.2. The molecule has 1 atom stereocenters. The van der Waals surface area contributed by atoms with E-state index < -0.39 is 5.97 Å². The third-order valence-corrected chi connectivity index (χ3v) is 4.19. The molecule has 1 aliphatic carbocycles. The second kappa shape index (κ2) is 6.77. The second-order valence-corrected chi connectivity index (χ2v) is 5.93. The largest absolute Gasteiger partial charge is 0.464 e. The van der Waals surface area contributed by atoms with Gasteiger partial charge in [-0.05, 0) is 38.2 Å². The lowest BCUT2D eigenvalue weighted by Crippen LogP contribution is -2.29. The van der Waals surface area contributed by atoms with Crippen LogP contribution in [0.5, 0.6) is 0 Å². The van der Waals surface area contributed by atoms with E-state index in [4.69, 9.17) is 4.74 Å². The zero-order chi connectivity index (χ0) is 16.2. The maximum Gasteiger partial charge on any atom is 0.327 e. The SMILES string of the molecule is Cc1nn(CC(=O)OCC2CC=CCC2)c(=O)c2ccccc12. The molecule has 5 nitrogen and oxygen atoms in total. The molecule has 23 heavy (non-hydrogen) atoms. The molecule has 0 aliphatic heterocycles. The van der Waals surface area contributed by atoms with Gasteiger partial charge in [0.15, 0.2) is 0 Å². The van der Waals surface area contributed by atoms with E-state index in [2.05, 4.69) is 17.3 Å². The molecule has 120 valence electrons. The Balaban J connectivity index is 1.71. The van der Waals surface area contributed by atoms with Crippen LogP contribution < -0.4 is 5.56 Å². The fourth-order valence-corrected chi connectivity index (χ4v) is 2.90. The molecule has 0 N–H and O–H groups in total. The van der Waals surface area contributed by atoms with Gasteiger partial charge in [0, 0.05) is 5.39 Å². The summed E-state index contributed by atoms with van der Waals surface area (Å²) in [5.74, 6) is -0.0317. The van der Waals surface area contributed by atoms with E-state index >= 15 is 0 Å². The summed E-state index contributed by atoms with van der Waals surface area (Å²) in [6.07, 6.45) is 7.30. The Morgan fingerprint density at radius 3 is 2.83 bits per heavy atom. The Morgan fingerprint density at radius 1 is 1.30 bits per heavy atom. The van der Waals surface area contributed by atoms with Crippen LogP contribution in [-0.4, -0.2) is 22.4 Å². The number of fused-ring (bicyclic) bond motifs is 1. The van der Waals surface area contributed by atoms with Gasteiger partial charge in [0.05, 0.1) is 17.7 Å². The van der Waals surface area contributed by atoms with Crippen LogP contribution in [0, 0.1) is 12.8 Å². The van der Waals surface area contributed by atoms with Crippen LogP contribution >= 0.6 is 0 Å². The maximum atomic E-state index is 12.4. The summed E-state index contributed by atoms with van der Waals surface area (Å²) >= 11 is 0. The van der Waals surface area contributed by atoms with Gasteiger partial charge in [0.25, 0.3) is 5.56 Å². The molecule has 0 saturated carbocycles. The van der Waals surface area contributed by atoms with Crippen molar-refractivity contribution >= 4 is 16.7 Å². The molecule has 0 saturated heterocycles. The van der Waals surface area contributed by atoms with Crippen LogP contribution in [0.4, 0.5) is 0 Å². The first kappa shape index (κ1) is 15.5. The smallest absolute Gasteiger partial charge is 0.327 e. The Bertz CT molecular complexity index is 808. The summed E-state index contributed by atoms with van der Waals surface area (Å²) in [6, 6.07) is 7.29. The zero-order valence-electron chi connectivity index (χ0n) is 13.2. The van der Waals surface area contributed by atoms with Gasteiger partial charge in [-0.1, -0.05) is 30.4 Å². The van der Waals surface area contributed by atoms with E-state index in [9.17, 15) is 9.59 Å². The lowest BCUT2D eigenvalue weighted by Gasteiger charge is -2.17. The molecular formula is C18H20N2O3. The lowest BCUT2D eigenvalue weighted by atomic mass is 9.95. The van der Waals surface area contributed by atoms with Crippen molar-refractivity contribution in [2.24, 2.45) is 5.92 Å². The number of esters is 1. The van der Waals surface area contributed by atoms with Gasteiger partial charge in [-0.2, -0.15) is 5.10 Å². The van der Waals surface area contributed by atoms with Crippen molar-refractivity contribution in [3.05, 3.63) is 52.5 Å². The second-order valence-electron chi connectivity index (χ2n) is 5.93. The average Bonchev–Trinajstić information content (AvgIpc) is 2.59. The van der Waals surface area contributed by atoms with E-state index in [1.165, 1.54) is 4.68 Å². The number of allylic oxidation sites excluding steroid dienone is 2. The van der Waals surface area contributed by atoms with Crippen molar-refractivity contribution in [2.45, 2.75) is 32.7 Å². The molecule has 1 heterocycles. The standard InChI is InChI=1S/C18H20N2O3/c1-13-15-9-5-6-10-16(15)18(22)20(19-13)11-17(21)23-12-14-7-3-2-4-8-14/h2-3,5-6,9-10,14H,4,7-8,11-12H2,1H3. The van der Waals surface area contributed by atoms with Crippen LogP contribution in [0.1, 0.15) is 25.0 Å². The normalized spacial score (nSPS) is 17.3. The monoisotopic (exact) mass is 312 g/mol. The molecule has 2 aromatic rings. The van der Waals surface area contributed by atoms with Crippen molar-refractivity contribution < 1.29 is 9.53 Å². The highest BCUT2D eigenvalue weighted by Gasteiger charge is 2.15. The number of rotatable bonds is 4. The molecule has 0 spiro atoms. The highest BCUT2D eigenvalue weighted by Crippen LogP contribution is 2.18. The van der Waals surface area contributed by atoms with Gasteiger partial charge in [-0.3, -0.25) is 9.59 Å². The van der Waals surface area contributed by atoms with Crippen molar-refractivity contribution in [2.75, 3.05) is 6.61 Å². The number of aryl methyl sites for hydroxylation is 1. The Kier molecular flexibility index (Phi) is 4.55. The summed E-state index contributed by atoms with van der Waals surface area (Å²) in [5, 5.41) is 5.62. The summed E-state index contributed by atoms with van der Waals surface area (Å²) in [4.78, 5) is 24.4. The van der Waals surface area contributed by atoms with Gasteiger partial charge in [0.2, 0.25) is 0 Å². The Hall–Kier alpha value is -2.43. The first-order valence-corrected chi connectivity index (χ1v) is 7.92. The van der Waals surface area contributed by atoms with Gasteiger partial charge in [-0.25, -0.2) is 4.68 Å². The van der Waals surface area contributed by atoms with Crippen LogP contribution in [0.3, 0.4) is 0 Å². The number of hydrogen-bond donors (Lipinski definition) is 0. The molecule has 3 rings (SSSR count). The molecule has 1 aromatic carbocycles. The minimum Gasteiger partial charge on any atom is -0.464 e. The molecular weight excluding hydrogens is 292 g/mol. The predicted molar refractivity (Wildman–Crippen MR) is 88.2 cm³/mol. The van der Waals surface area contributed by atoms with E-state index in [0.717, 1.165) is 30.3 Å². The molecule has 0 radical (unpaired) electrons. The summed E-state index contributed by atoms with van der Waals surface area (Å²) < 4.78 is 6.52. The number of benzene rings is 1. The van der Waals surface area contributed by atoms with Gasteiger partial charge in [0.1, 0.15) is 6.54 Å². The van der Waals surface area contributed by atoms with Crippen molar-refractivity contribution in [1.82, 2.24) is 9.78 Å². The summed E-state index contributed by atoms with van der Waals surface area (Å²) in [7, 11) is 0. The fraction of sp³-hybridized carbons (Fsp3) is 0.389. The Labute approximate surface area is 134 Å². The average molecular weight is 312 g/mol. The lowest BCUT2D eigenvalue weighted by molar-refractivity contribution is -0.146. The third kappa shape index (κ3) is 3.50. The van der Waals surface area contributed by atoms with Gasteiger partial charge in [-0.15, -0.1) is 0 Å². The molecule has 0 bridgehead atoms. The van der Waals surface area contributed by atoms with E-state index in [-0.39, 0.29) is 12.1 Å². The molecule has 1 aliphatic rings. The number of hydrogen-bond acceptors (Lipinski definition) is 4. The van der Waals surface area contributed by atoms with Crippen molar-refractivity contribution in [3.63, 3.8) is 0 Å². The van der Waals surface area contributed by atoms with Crippen LogP contribution in [-0.2, 0) is 16.1 Å². The van der Waals surface area contributed by atoms with Crippen molar-refractivity contribution in [3.8, 4) is 0 Å².